The van der Waals surface area contributed by atoms with E-state index in [-0.39, 0.29) is 18.3 Å². The minimum absolute atomic E-state index is 0.273. The van der Waals surface area contributed by atoms with E-state index in [2.05, 4.69) is 0 Å². The van der Waals surface area contributed by atoms with Gasteiger partial charge in [0.25, 0.3) is 0 Å². The van der Waals surface area contributed by atoms with Crippen LogP contribution in [-0.4, -0.2) is 35.8 Å². The minimum atomic E-state index is -1.04. The van der Waals surface area contributed by atoms with Crippen LogP contribution >= 0.6 is 0 Å². The van der Waals surface area contributed by atoms with Crippen LogP contribution in [0.5, 0.6) is 0 Å². The fourth-order valence-corrected chi connectivity index (χ4v) is 3.36. The van der Waals surface area contributed by atoms with E-state index in [9.17, 15) is 5.11 Å². The lowest BCUT2D eigenvalue weighted by Crippen LogP contribution is -2.56. The highest BCUT2D eigenvalue weighted by Gasteiger charge is 2.52. The van der Waals surface area contributed by atoms with E-state index in [1.165, 1.54) is 0 Å². The number of rotatable bonds is 4. The lowest BCUT2D eigenvalue weighted by molar-refractivity contribution is -0.269. The largest absolute Gasteiger partial charge is 0.366 e. The summed E-state index contributed by atoms with van der Waals surface area (Å²) >= 11 is 0. The lowest BCUT2D eigenvalue weighted by atomic mass is 10.00. The molecule has 2 aromatic rings. The smallest absolute Gasteiger partial charge is 0.184 e. The standard InChI is InChI=1S/C20H22O5/c1-13-16-17(25-20(24-16)15-10-6-3-7-11-15)18(19(21)23-13)22-12-14-8-4-2-5-9-14/h2-11,13,16-21H,12H2,1H3/t13-,16-,17+,18+,19?,20?/m0/s1. The van der Waals surface area contributed by atoms with Gasteiger partial charge in [-0.05, 0) is 12.5 Å². The Kier molecular flexibility index (Phi) is 4.83. The first-order valence-corrected chi connectivity index (χ1v) is 8.57. The van der Waals surface area contributed by atoms with Gasteiger partial charge in [0.1, 0.15) is 18.3 Å². The molecule has 25 heavy (non-hydrogen) atoms. The predicted octanol–water partition coefficient (Wildman–Crippen LogP) is 2.79. The molecule has 0 spiro atoms. The zero-order valence-corrected chi connectivity index (χ0v) is 14.0. The summed E-state index contributed by atoms with van der Waals surface area (Å²) in [5, 5.41) is 10.3. The first-order chi connectivity index (χ1) is 12.2. The highest BCUT2D eigenvalue weighted by atomic mass is 16.8. The number of hydrogen-bond acceptors (Lipinski definition) is 5. The molecule has 0 bridgehead atoms. The maximum atomic E-state index is 10.3. The van der Waals surface area contributed by atoms with Gasteiger partial charge >= 0.3 is 0 Å². The third kappa shape index (κ3) is 3.47. The summed E-state index contributed by atoms with van der Waals surface area (Å²) in [6.45, 7) is 2.26. The van der Waals surface area contributed by atoms with Crippen LogP contribution < -0.4 is 0 Å². The van der Waals surface area contributed by atoms with E-state index in [1.807, 2.05) is 67.6 Å². The average Bonchev–Trinajstić information content (AvgIpc) is 3.09. The van der Waals surface area contributed by atoms with Gasteiger partial charge in [0.2, 0.25) is 0 Å². The molecule has 0 radical (unpaired) electrons. The van der Waals surface area contributed by atoms with E-state index >= 15 is 0 Å². The third-order valence-electron chi connectivity index (χ3n) is 4.66. The molecule has 2 fully saturated rings. The van der Waals surface area contributed by atoms with Crippen LogP contribution in [0, 0.1) is 0 Å². The van der Waals surface area contributed by atoms with Gasteiger partial charge in [-0.25, -0.2) is 0 Å². The van der Waals surface area contributed by atoms with Gasteiger partial charge in [-0.2, -0.15) is 0 Å². The highest BCUT2D eigenvalue weighted by Crippen LogP contribution is 2.39. The molecular formula is C20H22O5. The molecule has 1 N–H and O–H groups in total. The van der Waals surface area contributed by atoms with Crippen molar-refractivity contribution in [1.29, 1.82) is 0 Å². The molecule has 5 heteroatoms. The van der Waals surface area contributed by atoms with Gasteiger partial charge in [0, 0.05) is 5.56 Å². The van der Waals surface area contributed by atoms with Crippen molar-refractivity contribution in [3.63, 3.8) is 0 Å². The highest BCUT2D eigenvalue weighted by molar-refractivity contribution is 5.17. The summed E-state index contributed by atoms with van der Waals surface area (Å²) in [4.78, 5) is 0. The molecule has 2 aromatic carbocycles. The van der Waals surface area contributed by atoms with E-state index in [4.69, 9.17) is 18.9 Å². The van der Waals surface area contributed by atoms with E-state index < -0.39 is 18.7 Å². The second-order valence-electron chi connectivity index (χ2n) is 6.44. The van der Waals surface area contributed by atoms with E-state index in [0.717, 1.165) is 11.1 Å². The van der Waals surface area contributed by atoms with Gasteiger partial charge in [-0.3, -0.25) is 0 Å². The van der Waals surface area contributed by atoms with Gasteiger partial charge in [-0.1, -0.05) is 60.7 Å². The second kappa shape index (κ2) is 7.23. The number of aliphatic hydroxyl groups excluding tert-OH is 1. The first kappa shape index (κ1) is 16.7. The van der Waals surface area contributed by atoms with Crippen LogP contribution in [0.25, 0.3) is 0 Å². The predicted molar refractivity (Wildman–Crippen MR) is 90.5 cm³/mol. The molecule has 2 aliphatic rings. The van der Waals surface area contributed by atoms with E-state index in [1.54, 1.807) is 0 Å². The van der Waals surface area contributed by atoms with Gasteiger partial charge < -0.3 is 24.1 Å². The van der Waals surface area contributed by atoms with Crippen molar-refractivity contribution in [3.8, 4) is 0 Å². The number of fused-ring (bicyclic) bond motifs is 1. The van der Waals surface area contributed by atoms with Crippen molar-refractivity contribution in [2.75, 3.05) is 0 Å². The van der Waals surface area contributed by atoms with Crippen LogP contribution in [0.4, 0.5) is 0 Å². The van der Waals surface area contributed by atoms with Crippen molar-refractivity contribution < 1.29 is 24.1 Å². The molecule has 0 aliphatic carbocycles. The molecule has 2 saturated heterocycles. The Morgan fingerprint density at radius 3 is 2.24 bits per heavy atom. The minimum Gasteiger partial charge on any atom is -0.366 e. The number of ether oxygens (including phenoxy) is 4. The molecule has 132 valence electrons. The third-order valence-corrected chi connectivity index (χ3v) is 4.66. The molecule has 2 heterocycles. The number of hydrogen-bond donors (Lipinski definition) is 1. The van der Waals surface area contributed by atoms with Crippen molar-refractivity contribution in [2.24, 2.45) is 0 Å². The molecular weight excluding hydrogens is 320 g/mol. The van der Waals surface area contributed by atoms with Crippen LogP contribution in [-0.2, 0) is 25.6 Å². The Bertz CT molecular complexity index is 677. The summed E-state index contributed by atoms with van der Waals surface area (Å²) in [6, 6.07) is 19.6. The molecule has 4 rings (SSSR count). The summed E-state index contributed by atoms with van der Waals surface area (Å²) in [6.07, 6.45) is -3.06. The lowest BCUT2D eigenvalue weighted by Gasteiger charge is -2.38. The average molecular weight is 342 g/mol. The van der Waals surface area contributed by atoms with Gasteiger partial charge in [-0.15, -0.1) is 0 Å². The first-order valence-electron chi connectivity index (χ1n) is 8.57. The molecule has 2 aliphatic heterocycles. The van der Waals surface area contributed by atoms with Gasteiger partial charge in [0.05, 0.1) is 12.7 Å². The maximum absolute atomic E-state index is 10.3. The molecule has 5 nitrogen and oxygen atoms in total. The Balaban J connectivity index is 1.49. The Morgan fingerprint density at radius 1 is 0.880 bits per heavy atom. The quantitative estimate of drug-likeness (QED) is 0.926. The summed E-state index contributed by atoms with van der Waals surface area (Å²) in [7, 11) is 0. The SMILES string of the molecule is C[C@@H]1OC(O)[C@H](OCc2ccccc2)[C@@H]2OC(c3ccccc3)O[C@H]21. The fourth-order valence-electron chi connectivity index (χ4n) is 3.36. The van der Waals surface area contributed by atoms with Crippen LogP contribution in [0.15, 0.2) is 60.7 Å². The molecule has 6 atom stereocenters. The van der Waals surface area contributed by atoms with Crippen LogP contribution in [0.3, 0.4) is 0 Å². The Morgan fingerprint density at radius 2 is 1.52 bits per heavy atom. The number of benzene rings is 2. The summed E-state index contributed by atoms with van der Waals surface area (Å²) < 4.78 is 23.7. The van der Waals surface area contributed by atoms with Gasteiger partial charge in [0.15, 0.2) is 12.6 Å². The normalized spacial score (nSPS) is 34.6. The topological polar surface area (TPSA) is 57.2 Å². The summed E-state index contributed by atoms with van der Waals surface area (Å²) in [5.74, 6) is 0. The van der Waals surface area contributed by atoms with Crippen LogP contribution in [0.2, 0.25) is 0 Å². The van der Waals surface area contributed by atoms with Crippen molar-refractivity contribution in [3.05, 3.63) is 71.8 Å². The fraction of sp³-hybridized carbons (Fsp3) is 0.400. The molecule has 0 aromatic heterocycles. The Hall–Kier alpha value is -1.76. The van der Waals surface area contributed by atoms with Crippen molar-refractivity contribution in [1.82, 2.24) is 0 Å². The number of aliphatic hydroxyl groups is 1. The van der Waals surface area contributed by atoms with Crippen molar-refractivity contribution >= 4 is 0 Å². The van der Waals surface area contributed by atoms with E-state index in [0.29, 0.717) is 6.61 Å². The monoisotopic (exact) mass is 342 g/mol. The molecule has 0 amide bonds. The van der Waals surface area contributed by atoms with Crippen LogP contribution in [0.1, 0.15) is 24.3 Å². The maximum Gasteiger partial charge on any atom is 0.184 e. The summed E-state index contributed by atoms with van der Waals surface area (Å²) in [5.41, 5.74) is 1.98. The van der Waals surface area contributed by atoms with Crippen molar-refractivity contribution in [2.45, 2.75) is 50.5 Å². The molecule has 2 unspecified atom stereocenters. The Labute approximate surface area is 147 Å². The zero-order chi connectivity index (χ0) is 17.2. The second-order valence-corrected chi connectivity index (χ2v) is 6.44. The zero-order valence-electron chi connectivity index (χ0n) is 14.0. The molecule has 0 saturated carbocycles.